The van der Waals surface area contributed by atoms with Gasteiger partial charge in [-0.25, -0.2) is 0 Å². The molecule has 476 valence electrons. The van der Waals surface area contributed by atoms with E-state index in [4.69, 9.17) is 28.7 Å². The largest absolute Gasteiger partial charge is 0.370 e. The summed E-state index contributed by atoms with van der Waals surface area (Å²) in [7, 11) is 2.54. The first-order chi connectivity index (χ1) is 42.0. The third-order valence-corrected chi connectivity index (χ3v) is 19.7. The van der Waals surface area contributed by atoms with E-state index in [1.165, 1.54) is 26.5 Å². The standard InChI is InChI=1S/C59H82N16O11S2/c1-3-32(2)49-56(85)70-40(19-20-46(60)76)52(81)72-43(27-47(61)77)53(82)73-44(31-87-88-59(21-9-4-10-22-59)28-48(78)68-42(54(83)74-49)26-34-30-67-38-16-8-6-14-36(34)38)57(86)75-24-12-18-45(75)55(84)69-39(17-11-23-65-58(63)64)51(80)71-41(50(62)79)25-33-29-66-37-15-7-5-13-35(33)37/h5-8,13-16,29-30,32,39-45,49,66-67H,3-4,9-12,17-28,31H2,1-2H3,(H2,60,76)(H2,61,77)(H2,62,79)(H,68,78)(H,69,84)(H,70,85)(H,71,80)(H,72,81)(H,73,82)(H,74,83)(H4,63,64,65)/t32-,39-,40?,41-,42+,43-,44-,45-,49-/m0/s1. The molecule has 1 unspecified atom stereocenters. The van der Waals surface area contributed by atoms with Crippen LogP contribution < -0.4 is 65.9 Å². The van der Waals surface area contributed by atoms with Gasteiger partial charge in [0.1, 0.15) is 48.3 Å². The second-order valence-electron chi connectivity index (χ2n) is 22.9. The number of para-hydroxylation sites is 2. The van der Waals surface area contributed by atoms with Gasteiger partial charge in [-0.2, -0.15) is 0 Å². The summed E-state index contributed by atoms with van der Waals surface area (Å²) in [5.41, 5.74) is 31.2. The number of carbonyl (C=O) groups excluding carboxylic acids is 11. The Bertz CT molecular complexity index is 3230. The van der Waals surface area contributed by atoms with Crippen LogP contribution in [-0.2, 0) is 65.6 Å². The van der Waals surface area contributed by atoms with Crippen molar-refractivity contribution in [3.05, 3.63) is 72.1 Å². The molecule has 2 aromatic carbocycles. The van der Waals surface area contributed by atoms with E-state index in [0.29, 0.717) is 36.8 Å². The van der Waals surface area contributed by atoms with Gasteiger partial charge in [0, 0.05) is 83.5 Å². The molecular formula is C59H82N16O11S2. The number of hydrogen-bond acceptors (Lipinski definition) is 14. The van der Waals surface area contributed by atoms with Crippen molar-refractivity contribution in [2.24, 2.45) is 39.6 Å². The van der Waals surface area contributed by atoms with Crippen molar-refractivity contribution in [1.29, 1.82) is 0 Å². The summed E-state index contributed by atoms with van der Waals surface area (Å²) in [6, 6.07) is 3.80. The Labute approximate surface area is 517 Å². The average Bonchev–Trinajstić information content (AvgIpc) is 3.01. The lowest BCUT2D eigenvalue weighted by molar-refractivity contribution is -0.142. The maximum atomic E-state index is 15.2. The van der Waals surface area contributed by atoms with Gasteiger partial charge < -0.3 is 80.8 Å². The Morgan fingerprint density at radius 3 is 2.01 bits per heavy atom. The van der Waals surface area contributed by atoms with Crippen molar-refractivity contribution in [1.82, 2.24) is 52.1 Å². The highest BCUT2D eigenvalue weighted by atomic mass is 33.1. The second-order valence-corrected chi connectivity index (χ2v) is 25.7. The molecule has 7 rings (SSSR count). The predicted octanol–water partition coefficient (Wildman–Crippen LogP) is 0.0329. The molecule has 4 aromatic rings. The topological polar surface area (TPSA) is 449 Å². The van der Waals surface area contributed by atoms with E-state index in [2.05, 4.69) is 52.2 Å². The number of rotatable bonds is 21. The Hall–Kier alpha value is -8.34. The fourth-order valence-electron chi connectivity index (χ4n) is 11.4. The van der Waals surface area contributed by atoms with Crippen molar-refractivity contribution >= 4 is 114 Å². The molecule has 4 heterocycles. The number of hydrogen-bond donors (Lipinski definition) is 14. The van der Waals surface area contributed by atoms with E-state index in [9.17, 15) is 47.9 Å². The van der Waals surface area contributed by atoms with Crippen LogP contribution in [0, 0.1) is 5.92 Å². The number of H-pyrrole nitrogens is 2. The highest BCUT2D eigenvalue weighted by Crippen LogP contribution is 2.48. The molecule has 19 N–H and O–H groups in total. The second kappa shape index (κ2) is 31.5. The third-order valence-electron chi connectivity index (χ3n) is 16.4. The Balaban J connectivity index is 1.19. The summed E-state index contributed by atoms with van der Waals surface area (Å²) in [5, 5.41) is 20.8. The fraction of sp³-hybridized carbons (Fsp3) is 0.525. The summed E-state index contributed by atoms with van der Waals surface area (Å²) in [6.07, 6.45) is 6.35. The van der Waals surface area contributed by atoms with Crippen molar-refractivity contribution in [3.8, 4) is 0 Å². The molecule has 29 heteroatoms. The molecule has 9 atom stereocenters. The molecule has 11 amide bonds. The minimum atomic E-state index is -1.77. The summed E-state index contributed by atoms with van der Waals surface area (Å²) in [6.45, 7) is 3.61. The maximum Gasteiger partial charge on any atom is 0.246 e. The van der Waals surface area contributed by atoms with Gasteiger partial charge in [-0.05, 0) is 74.1 Å². The predicted molar refractivity (Wildman–Crippen MR) is 334 cm³/mol. The van der Waals surface area contributed by atoms with Crippen molar-refractivity contribution < 1.29 is 52.7 Å². The summed E-state index contributed by atoms with van der Waals surface area (Å²) < 4.78 is -0.745. The minimum Gasteiger partial charge on any atom is -0.370 e. The lowest BCUT2D eigenvalue weighted by Gasteiger charge is -2.37. The van der Waals surface area contributed by atoms with Gasteiger partial charge >= 0.3 is 0 Å². The molecular weight excluding hydrogens is 1170 g/mol. The summed E-state index contributed by atoms with van der Waals surface area (Å²) >= 11 is 0. The Morgan fingerprint density at radius 2 is 1.36 bits per heavy atom. The minimum absolute atomic E-state index is 0.0172. The molecule has 0 radical (unpaired) electrons. The molecule has 2 aromatic heterocycles. The monoisotopic (exact) mass is 1250 g/mol. The number of nitrogens with two attached hydrogens (primary N) is 5. The molecule has 2 aliphatic heterocycles. The molecule has 1 saturated carbocycles. The van der Waals surface area contributed by atoms with Gasteiger partial charge in [0.05, 0.1) is 6.42 Å². The number of carbonyl (C=O) groups is 11. The number of aliphatic imine (C=N–C) groups is 1. The summed E-state index contributed by atoms with van der Waals surface area (Å²) in [5.74, 6) is -9.92. The summed E-state index contributed by atoms with van der Waals surface area (Å²) in [4.78, 5) is 166. The Kier molecular flexibility index (Phi) is 24.1. The third kappa shape index (κ3) is 18.4. The molecule has 3 fully saturated rings. The van der Waals surface area contributed by atoms with Gasteiger partial charge in [0.15, 0.2) is 5.96 Å². The van der Waals surface area contributed by atoms with Crippen LogP contribution in [0.1, 0.15) is 115 Å². The lowest BCUT2D eigenvalue weighted by atomic mass is 9.85. The number of fused-ring (bicyclic) bond motifs is 2. The average molecular weight is 1260 g/mol. The molecule has 1 aliphatic carbocycles. The van der Waals surface area contributed by atoms with Crippen molar-refractivity contribution in [3.63, 3.8) is 0 Å². The molecule has 88 heavy (non-hydrogen) atoms. The zero-order valence-corrected chi connectivity index (χ0v) is 51.1. The molecule has 1 spiro atoms. The SMILES string of the molecule is CC[C@H](C)[C@@H]1NC(=O)[C@@H](Cc2c[nH]c3ccccc23)NC(=O)CC2(CCCCC2)SSC[C@@H](C(=O)N2CCC[C@H]2C(=O)N[C@@H](CCCN=C(N)N)C(=O)N[C@@H](Cc2c[nH]c3ccccc23)C(N)=O)NC(=O)[C@H](CC(N)=O)NC(=O)C(CCC(N)=O)NC1=O. The van der Waals surface area contributed by atoms with Crippen molar-refractivity contribution in [2.45, 2.75) is 170 Å². The number of nitrogens with one attached hydrogen (secondary N) is 9. The van der Waals surface area contributed by atoms with Crippen LogP contribution >= 0.6 is 21.6 Å². The van der Waals surface area contributed by atoms with E-state index in [-0.39, 0.29) is 69.7 Å². The molecule has 0 bridgehead atoms. The first-order valence-electron chi connectivity index (χ1n) is 29.8. The lowest BCUT2D eigenvalue weighted by Crippen LogP contribution is -2.61. The number of aromatic nitrogens is 2. The van der Waals surface area contributed by atoms with Crippen molar-refractivity contribution in [2.75, 3.05) is 18.8 Å². The van der Waals surface area contributed by atoms with Crippen LogP contribution in [0.3, 0.4) is 0 Å². The molecule has 2 saturated heterocycles. The molecule has 27 nitrogen and oxygen atoms in total. The van der Waals surface area contributed by atoms with E-state index >= 15 is 4.79 Å². The van der Waals surface area contributed by atoms with Gasteiger partial charge in [-0.1, -0.05) is 97.5 Å². The quantitative estimate of drug-likeness (QED) is 0.0227. The number of benzene rings is 2. The first kappa shape index (κ1) is 67.2. The number of nitrogens with zero attached hydrogens (tertiary/aromatic N) is 2. The Morgan fingerprint density at radius 1 is 0.727 bits per heavy atom. The van der Waals surface area contributed by atoms with Crippen LogP contribution in [0.25, 0.3) is 21.8 Å². The number of guanidine groups is 1. The van der Waals surface area contributed by atoms with E-state index in [0.717, 1.165) is 41.1 Å². The van der Waals surface area contributed by atoms with E-state index < -0.39 is 137 Å². The maximum absolute atomic E-state index is 15.2. The van der Waals surface area contributed by atoms with Gasteiger partial charge in [0.25, 0.3) is 0 Å². The smallest absolute Gasteiger partial charge is 0.246 e. The molecule has 3 aliphatic rings. The first-order valence-corrected chi connectivity index (χ1v) is 32.1. The van der Waals surface area contributed by atoms with Gasteiger partial charge in [-0.15, -0.1) is 0 Å². The van der Waals surface area contributed by atoms with Crippen LogP contribution in [0.2, 0.25) is 0 Å². The van der Waals surface area contributed by atoms with Crippen LogP contribution in [0.15, 0.2) is 65.9 Å². The highest BCUT2D eigenvalue weighted by Gasteiger charge is 2.43. The number of primary amides is 3. The van der Waals surface area contributed by atoms with E-state index in [1.807, 2.05) is 48.5 Å². The van der Waals surface area contributed by atoms with Crippen LogP contribution in [0.4, 0.5) is 0 Å². The highest BCUT2D eigenvalue weighted by molar-refractivity contribution is 8.77. The number of likely N-dealkylation sites (tertiary alicyclic amines) is 1. The van der Waals surface area contributed by atoms with Crippen LogP contribution in [0.5, 0.6) is 0 Å². The van der Waals surface area contributed by atoms with Crippen LogP contribution in [-0.4, -0.2) is 158 Å². The number of aromatic amines is 2. The van der Waals surface area contributed by atoms with E-state index in [1.54, 1.807) is 26.2 Å². The zero-order chi connectivity index (χ0) is 63.7. The fourth-order valence-corrected chi connectivity index (χ4v) is 14.8. The number of amides is 11. The van der Waals surface area contributed by atoms with Gasteiger partial charge in [0.2, 0.25) is 65.0 Å². The van der Waals surface area contributed by atoms with Gasteiger partial charge in [-0.3, -0.25) is 57.7 Å². The normalized spacial score (nSPS) is 22.6. The zero-order valence-electron chi connectivity index (χ0n) is 49.5.